The second kappa shape index (κ2) is 8.61. The summed E-state index contributed by atoms with van der Waals surface area (Å²) in [7, 11) is 0. The number of nitrogens with one attached hydrogen (secondary N) is 2. The number of hydrogen-bond donors (Lipinski definition) is 4. The predicted molar refractivity (Wildman–Crippen MR) is 79.7 cm³/mol. The molecule has 0 radical (unpaired) electrons. The Morgan fingerprint density at radius 3 is 2.62 bits per heavy atom. The fraction of sp³-hybridized carbons (Fsp3) is 0.333. The van der Waals surface area contributed by atoms with E-state index in [1.165, 1.54) is 0 Å². The third-order valence-electron chi connectivity index (χ3n) is 2.66. The van der Waals surface area contributed by atoms with Gasteiger partial charge in [-0.05, 0) is 30.7 Å². The number of amides is 3. The van der Waals surface area contributed by atoms with Crippen LogP contribution in [0.4, 0.5) is 4.79 Å². The van der Waals surface area contributed by atoms with Crippen molar-refractivity contribution in [3.8, 4) is 11.8 Å². The molecule has 0 aromatic heterocycles. The van der Waals surface area contributed by atoms with E-state index in [1.54, 1.807) is 18.2 Å². The molecule has 0 aliphatic rings. The molecule has 0 saturated heterocycles. The molecule has 0 atom stereocenters. The van der Waals surface area contributed by atoms with Crippen molar-refractivity contribution in [3.63, 3.8) is 0 Å². The Kier molecular flexibility index (Phi) is 6.78. The van der Waals surface area contributed by atoms with Crippen molar-refractivity contribution < 1.29 is 14.7 Å². The number of primary amides is 1. The molecular weight excluding hydrogens is 270 g/mol. The maximum Gasteiger partial charge on any atom is 0.312 e. The summed E-state index contributed by atoms with van der Waals surface area (Å²) in [6.45, 7) is 2.49. The first-order valence-electron chi connectivity index (χ1n) is 6.56. The highest BCUT2D eigenvalue weighted by atomic mass is 16.2. The molecule has 5 N–H and O–H groups in total. The lowest BCUT2D eigenvalue weighted by Gasteiger charge is -2.07. The number of benzene rings is 1. The Balaban J connectivity index is 2.60. The van der Waals surface area contributed by atoms with Crippen LogP contribution in [-0.2, 0) is 0 Å². The van der Waals surface area contributed by atoms with Crippen molar-refractivity contribution in [1.82, 2.24) is 10.6 Å². The van der Waals surface area contributed by atoms with Gasteiger partial charge in [0.1, 0.15) is 0 Å². The maximum absolute atomic E-state index is 11.9. The van der Waals surface area contributed by atoms with Crippen molar-refractivity contribution in [1.29, 1.82) is 0 Å². The van der Waals surface area contributed by atoms with Gasteiger partial charge in [0.05, 0.1) is 6.61 Å². The molecule has 112 valence electrons. The van der Waals surface area contributed by atoms with Crippen LogP contribution in [0.3, 0.4) is 0 Å². The van der Waals surface area contributed by atoms with Gasteiger partial charge in [-0.1, -0.05) is 11.8 Å². The smallest absolute Gasteiger partial charge is 0.312 e. The third kappa shape index (κ3) is 5.97. The van der Waals surface area contributed by atoms with Crippen LogP contribution in [0, 0.1) is 18.8 Å². The van der Waals surface area contributed by atoms with E-state index >= 15 is 0 Å². The molecule has 6 heteroatoms. The van der Waals surface area contributed by atoms with Crippen LogP contribution in [0.2, 0.25) is 0 Å². The molecule has 6 nitrogen and oxygen atoms in total. The summed E-state index contributed by atoms with van der Waals surface area (Å²) >= 11 is 0. The summed E-state index contributed by atoms with van der Waals surface area (Å²) in [5.74, 6) is 5.56. The van der Waals surface area contributed by atoms with E-state index in [2.05, 4.69) is 22.5 Å². The fourth-order valence-electron chi connectivity index (χ4n) is 1.62. The minimum atomic E-state index is -0.620. The first kappa shape index (κ1) is 16.5. The van der Waals surface area contributed by atoms with Crippen molar-refractivity contribution >= 4 is 11.9 Å². The van der Waals surface area contributed by atoms with E-state index in [1.807, 2.05) is 6.92 Å². The van der Waals surface area contributed by atoms with Gasteiger partial charge < -0.3 is 21.5 Å². The van der Waals surface area contributed by atoms with Crippen molar-refractivity contribution in [3.05, 3.63) is 34.9 Å². The summed E-state index contributed by atoms with van der Waals surface area (Å²) in [6.07, 6.45) is 0.425. The van der Waals surface area contributed by atoms with Gasteiger partial charge in [0, 0.05) is 30.6 Å². The maximum atomic E-state index is 11.9. The monoisotopic (exact) mass is 289 g/mol. The zero-order chi connectivity index (χ0) is 15.7. The van der Waals surface area contributed by atoms with Crippen molar-refractivity contribution in [2.24, 2.45) is 5.73 Å². The highest BCUT2D eigenvalue weighted by molar-refractivity contribution is 5.94. The third-order valence-corrected chi connectivity index (χ3v) is 2.66. The first-order chi connectivity index (χ1) is 10.0. The molecule has 1 aromatic rings. The lowest BCUT2D eigenvalue weighted by molar-refractivity contribution is 0.0954. The predicted octanol–water partition coefficient (Wildman–Crippen LogP) is 0.127. The number of aliphatic hydroxyl groups is 1. The van der Waals surface area contributed by atoms with Crippen LogP contribution in [0.15, 0.2) is 18.2 Å². The Bertz CT molecular complexity index is 573. The second-order valence-electron chi connectivity index (χ2n) is 4.35. The Morgan fingerprint density at radius 2 is 2.00 bits per heavy atom. The molecule has 0 fully saturated rings. The highest BCUT2D eigenvalue weighted by Crippen LogP contribution is 2.10. The van der Waals surface area contributed by atoms with Crippen molar-refractivity contribution in [2.75, 3.05) is 19.7 Å². The van der Waals surface area contributed by atoms with Gasteiger partial charge in [0.2, 0.25) is 0 Å². The first-order valence-corrected chi connectivity index (χ1v) is 6.56. The topological polar surface area (TPSA) is 104 Å². The number of aliphatic hydroxyl groups excluding tert-OH is 1. The minimum Gasteiger partial charge on any atom is -0.395 e. The Hall–Kier alpha value is -2.52. The largest absolute Gasteiger partial charge is 0.395 e. The van der Waals surface area contributed by atoms with Crippen LogP contribution in [0.5, 0.6) is 0 Å². The molecule has 21 heavy (non-hydrogen) atoms. The standard InChI is InChI=1S/C15H19N3O3/c1-11-10-13(6-5-12(11)4-2-3-9-19)14(20)17-7-8-18-15(16)21/h5-6,10,19H,3,7-9H2,1H3,(H,17,20)(H3,16,18,21). The second-order valence-corrected chi connectivity index (χ2v) is 4.35. The van der Waals surface area contributed by atoms with E-state index < -0.39 is 6.03 Å². The van der Waals surface area contributed by atoms with Crippen LogP contribution in [0.25, 0.3) is 0 Å². The molecule has 3 amide bonds. The average Bonchev–Trinajstić information content (AvgIpc) is 2.45. The number of rotatable bonds is 5. The van der Waals surface area contributed by atoms with Crippen LogP contribution >= 0.6 is 0 Å². The molecule has 0 aliphatic heterocycles. The molecule has 0 spiro atoms. The Morgan fingerprint density at radius 1 is 1.29 bits per heavy atom. The highest BCUT2D eigenvalue weighted by Gasteiger charge is 2.06. The molecular formula is C15H19N3O3. The van der Waals surface area contributed by atoms with E-state index in [9.17, 15) is 9.59 Å². The van der Waals surface area contributed by atoms with E-state index in [4.69, 9.17) is 10.8 Å². The van der Waals surface area contributed by atoms with Crippen LogP contribution in [0.1, 0.15) is 27.9 Å². The fourth-order valence-corrected chi connectivity index (χ4v) is 1.62. The summed E-state index contributed by atoms with van der Waals surface area (Å²) in [4.78, 5) is 22.4. The number of aryl methyl sites for hydroxylation is 1. The van der Waals surface area contributed by atoms with Gasteiger partial charge >= 0.3 is 6.03 Å². The van der Waals surface area contributed by atoms with E-state index in [0.717, 1.165) is 11.1 Å². The Labute approximate surface area is 123 Å². The average molecular weight is 289 g/mol. The number of hydrogen-bond acceptors (Lipinski definition) is 3. The zero-order valence-electron chi connectivity index (χ0n) is 11.9. The molecule has 0 unspecified atom stereocenters. The molecule has 1 rings (SSSR count). The summed E-state index contributed by atoms with van der Waals surface area (Å²) in [6, 6.07) is 4.59. The van der Waals surface area contributed by atoms with Crippen molar-refractivity contribution in [2.45, 2.75) is 13.3 Å². The van der Waals surface area contributed by atoms with Crippen LogP contribution < -0.4 is 16.4 Å². The summed E-state index contributed by atoms with van der Waals surface area (Å²) < 4.78 is 0. The summed E-state index contributed by atoms with van der Waals surface area (Å²) in [5.41, 5.74) is 7.16. The van der Waals surface area contributed by atoms with Gasteiger partial charge in [-0.15, -0.1) is 0 Å². The molecule has 0 bridgehead atoms. The molecule has 0 heterocycles. The zero-order valence-corrected chi connectivity index (χ0v) is 11.9. The van der Waals surface area contributed by atoms with Gasteiger partial charge in [0.25, 0.3) is 5.91 Å². The van der Waals surface area contributed by atoms with E-state index in [-0.39, 0.29) is 19.1 Å². The van der Waals surface area contributed by atoms with Gasteiger partial charge in [-0.25, -0.2) is 4.79 Å². The lowest BCUT2D eigenvalue weighted by Crippen LogP contribution is -2.37. The number of nitrogens with two attached hydrogens (primary N) is 1. The number of urea groups is 1. The lowest BCUT2D eigenvalue weighted by atomic mass is 10.0. The van der Waals surface area contributed by atoms with E-state index in [0.29, 0.717) is 18.5 Å². The van der Waals surface area contributed by atoms with Gasteiger partial charge in [0.15, 0.2) is 0 Å². The SMILES string of the molecule is Cc1cc(C(=O)NCCNC(N)=O)ccc1C#CCCO. The molecule has 0 aliphatic carbocycles. The van der Waals surface area contributed by atoms with Gasteiger partial charge in [-0.2, -0.15) is 0 Å². The minimum absolute atomic E-state index is 0.0336. The molecule has 1 aromatic carbocycles. The van der Waals surface area contributed by atoms with Crippen LogP contribution in [-0.4, -0.2) is 36.7 Å². The quantitative estimate of drug-likeness (QED) is 0.457. The normalized spacial score (nSPS) is 9.43. The number of carbonyl (C=O) groups excluding carboxylic acids is 2. The van der Waals surface area contributed by atoms with Gasteiger partial charge in [-0.3, -0.25) is 4.79 Å². The summed E-state index contributed by atoms with van der Waals surface area (Å²) in [5, 5.41) is 13.7. The number of carbonyl (C=O) groups is 2. The molecule has 0 saturated carbocycles.